The van der Waals surface area contributed by atoms with Crippen molar-refractivity contribution >= 4 is 17.9 Å². The number of esters is 3. The van der Waals surface area contributed by atoms with Crippen molar-refractivity contribution < 1.29 is 28.6 Å². The summed E-state index contributed by atoms with van der Waals surface area (Å²) in [6.07, 6.45) is 94.0. The highest BCUT2D eigenvalue weighted by molar-refractivity contribution is 5.71. The summed E-state index contributed by atoms with van der Waals surface area (Å²) >= 11 is 0. The zero-order valence-corrected chi connectivity index (χ0v) is 50.1. The fourth-order valence-electron chi connectivity index (χ4n) is 8.14. The zero-order valence-electron chi connectivity index (χ0n) is 50.1. The van der Waals surface area contributed by atoms with Gasteiger partial charge in [0.1, 0.15) is 13.2 Å². The SMILES string of the molecule is CC/C=C\C/C=C\C/C=C\C/C=C\C/C=C\C/C=C\C/C=C\C/C=C\CCCCCCCCC(=O)OCC(COC(=O)CCCCCCCCCCCCCC)OC(=O)CCC/C=C\C/C=C\C/C=C\C/C=C\C/C=C\CC. The van der Waals surface area contributed by atoms with E-state index in [0.29, 0.717) is 19.3 Å². The molecule has 438 valence electrons. The van der Waals surface area contributed by atoms with Gasteiger partial charge < -0.3 is 14.2 Å². The van der Waals surface area contributed by atoms with Crippen LogP contribution in [0, 0.1) is 0 Å². The Bertz CT molecular complexity index is 1760. The molecule has 0 rings (SSSR count). The summed E-state index contributed by atoms with van der Waals surface area (Å²) < 4.78 is 16.8. The van der Waals surface area contributed by atoms with Gasteiger partial charge in [0.2, 0.25) is 0 Å². The predicted octanol–water partition coefficient (Wildman–Crippen LogP) is 21.7. The van der Waals surface area contributed by atoms with Crippen molar-refractivity contribution in [2.24, 2.45) is 0 Å². The van der Waals surface area contributed by atoms with Crippen molar-refractivity contribution in [1.29, 1.82) is 0 Å². The summed E-state index contributed by atoms with van der Waals surface area (Å²) in [6.45, 7) is 6.34. The highest BCUT2D eigenvalue weighted by Gasteiger charge is 2.19. The second-order valence-electron chi connectivity index (χ2n) is 20.2. The maximum Gasteiger partial charge on any atom is 0.306 e. The minimum atomic E-state index is -0.820. The monoisotopic (exact) mass is 1070 g/mol. The Morgan fingerprint density at radius 2 is 0.513 bits per heavy atom. The van der Waals surface area contributed by atoms with Crippen LogP contribution in [-0.4, -0.2) is 37.2 Å². The Morgan fingerprint density at radius 1 is 0.269 bits per heavy atom. The first-order chi connectivity index (χ1) is 38.5. The summed E-state index contributed by atoms with van der Waals surface area (Å²) in [6, 6.07) is 0. The average Bonchev–Trinajstić information content (AvgIpc) is 3.44. The Hall–Kier alpha value is -4.97. The molecule has 78 heavy (non-hydrogen) atoms. The standard InChI is InChI=1S/C72H114O6/c1-4-7-10-13-16-19-22-25-27-29-30-31-32-33-34-35-36-37-38-39-40-41-42-44-45-47-50-53-56-59-62-65-71(74)77-68-69(67-76-70(73)64-61-58-55-52-49-24-21-18-15-12-9-6-3)78-72(75)66-63-60-57-54-51-48-46-43-28-26-23-20-17-14-11-8-5-2/h7-8,10-11,16-17,19-20,25-28,30-31,33-34,36-37,39-40,42,44,46,48,54,57,69H,4-6,9,12-15,18,21-24,29,32,35,38,41,43,45,47,49-53,55-56,58-68H2,1-3H3/b10-7-,11-8-,19-16-,20-17-,27-25-,28-26-,31-30-,34-33-,37-36-,40-39-,44-42-,48-46-,57-54-. The highest BCUT2D eigenvalue weighted by Crippen LogP contribution is 2.14. The lowest BCUT2D eigenvalue weighted by Crippen LogP contribution is -2.30. The van der Waals surface area contributed by atoms with Gasteiger partial charge in [-0.2, -0.15) is 0 Å². The molecule has 0 spiro atoms. The van der Waals surface area contributed by atoms with Gasteiger partial charge in [-0.15, -0.1) is 0 Å². The molecule has 0 aromatic carbocycles. The molecular formula is C72H114O6. The molecule has 0 aliphatic heterocycles. The molecule has 0 aliphatic carbocycles. The van der Waals surface area contributed by atoms with Gasteiger partial charge >= 0.3 is 17.9 Å². The largest absolute Gasteiger partial charge is 0.462 e. The number of unbranched alkanes of at least 4 members (excludes halogenated alkanes) is 18. The van der Waals surface area contributed by atoms with E-state index in [9.17, 15) is 14.4 Å². The normalized spacial score (nSPS) is 13.2. The molecule has 1 unspecified atom stereocenters. The van der Waals surface area contributed by atoms with Crippen LogP contribution in [0.3, 0.4) is 0 Å². The molecule has 6 heteroatoms. The third-order valence-corrected chi connectivity index (χ3v) is 12.8. The van der Waals surface area contributed by atoms with E-state index in [1.54, 1.807) is 0 Å². The molecule has 0 radical (unpaired) electrons. The Labute approximate surface area is 480 Å². The van der Waals surface area contributed by atoms with Crippen LogP contribution in [0.5, 0.6) is 0 Å². The third kappa shape index (κ3) is 61.9. The van der Waals surface area contributed by atoms with Crippen LogP contribution in [0.25, 0.3) is 0 Å². The smallest absolute Gasteiger partial charge is 0.306 e. The molecule has 0 aromatic rings. The Kier molecular flexibility index (Phi) is 60.4. The van der Waals surface area contributed by atoms with Crippen LogP contribution >= 0.6 is 0 Å². The van der Waals surface area contributed by atoms with Crippen molar-refractivity contribution in [1.82, 2.24) is 0 Å². The molecule has 1 atom stereocenters. The number of ether oxygens (including phenoxy) is 3. The second-order valence-corrected chi connectivity index (χ2v) is 20.2. The molecule has 0 aliphatic rings. The van der Waals surface area contributed by atoms with Gasteiger partial charge in [0, 0.05) is 19.3 Å². The predicted molar refractivity (Wildman–Crippen MR) is 338 cm³/mol. The Balaban J connectivity index is 4.39. The van der Waals surface area contributed by atoms with Gasteiger partial charge in [0.15, 0.2) is 6.10 Å². The number of hydrogen-bond donors (Lipinski definition) is 0. The Morgan fingerprint density at radius 3 is 0.821 bits per heavy atom. The lowest BCUT2D eigenvalue weighted by Gasteiger charge is -2.18. The van der Waals surface area contributed by atoms with E-state index in [-0.39, 0.29) is 37.5 Å². The van der Waals surface area contributed by atoms with Crippen LogP contribution < -0.4 is 0 Å². The number of carbonyl (C=O) groups is 3. The fraction of sp³-hybridized carbons (Fsp3) is 0.597. The van der Waals surface area contributed by atoms with Gasteiger partial charge in [-0.05, 0) is 122 Å². The summed E-state index contributed by atoms with van der Waals surface area (Å²) in [5.74, 6) is -0.987. The molecule has 0 amide bonds. The van der Waals surface area contributed by atoms with Crippen molar-refractivity contribution in [2.75, 3.05) is 13.2 Å². The van der Waals surface area contributed by atoms with Crippen LogP contribution in [0.1, 0.15) is 258 Å². The van der Waals surface area contributed by atoms with Crippen LogP contribution in [0.4, 0.5) is 0 Å². The van der Waals surface area contributed by atoms with E-state index in [1.807, 2.05) is 0 Å². The zero-order chi connectivity index (χ0) is 56.4. The summed E-state index contributed by atoms with van der Waals surface area (Å²) in [4.78, 5) is 38.2. The van der Waals surface area contributed by atoms with Gasteiger partial charge in [0.05, 0.1) is 0 Å². The number of rotatable bonds is 55. The molecule has 0 saturated carbocycles. The molecule has 0 aromatic heterocycles. The molecule has 0 fully saturated rings. The summed E-state index contributed by atoms with van der Waals surface area (Å²) in [7, 11) is 0. The van der Waals surface area contributed by atoms with Crippen LogP contribution in [0.2, 0.25) is 0 Å². The van der Waals surface area contributed by atoms with Crippen molar-refractivity contribution in [3.8, 4) is 0 Å². The highest BCUT2D eigenvalue weighted by atomic mass is 16.6. The number of allylic oxidation sites excluding steroid dienone is 26. The van der Waals surface area contributed by atoms with Crippen molar-refractivity contribution in [3.63, 3.8) is 0 Å². The van der Waals surface area contributed by atoms with Crippen molar-refractivity contribution in [3.05, 3.63) is 158 Å². The van der Waals surface area contributed by atoms with Gasteiger partial charge in [-0.25, -0.2) is 0 Å². The fourth-order valence-corrected chi connectivity index (χ4v) is 8.14. The maximum absolute atomic E-state index is 12.9. The van der Waals surface area contributed by atoms with E-state index < -0.39 is 6.10 Å². The van der Waals surface area contributed by atoms with Gasteiger partial charge in [-0.3, -0.25) is 14.4 Å². The molecule has 0 saturated heterocycles. The first-order valence-electron chi connectivity index (χ1n) is 31.5. The van der Waals surface area contributed by atoms with E-state index in [1.165, 1.54) is 70.6 Å². The van der Waals surface area contributed by atoms with Crippen molar-refractivity contribution in [2.45, 2.75) is 264 Å². The number of hydrogen-bond acceptors (Lipinski definition) is 6. The quantitative estimate of drug-likeness (QED) is 0.0261. The molecule has 0 N–H and O–H groups in total. The molecular weight excluding hydrogens is 961 g/mol. The van der Waals surface area contributed by atoms with E-state index >= 15 is 0 Å². The lowest BCUT2D eigenvalue weighted by atomic mass is 10.0. The second kappa shape index (κ2) is 64.6. The minimum absolute atomic E-state index is 0.109. The average molecular weight is 1080 g/mol. The van der Waals surface area contributed by atoms with E-state index in [2.05, 4.69) is 179 Å². The number of carbonyl (C=O) groups excluding carboxylic acids is 3. The molecule has 0 heterocycles. The topological polar surface area (TPSA) is 78.9 Å². The minimum Gasteiger partial charge on any atom is -0.462 e. The van der Waals surface area contributed by atoms with Crippen LogP contribution in [0.15, 0.2) is 158 Å². The summed E-state index contributed by atoms with van der Waals surface area (Å²) in [5, 5.41) is 0. The molecule has 0 bridgehead atoms. The summed E-state index contributed by atoms with van der Waals surface area (Å²) in [5.41, 5.74) is 0. The third-order valence-electron chi connectivity index (χ3n) is 12.8. The van der Waals surface area contributed by atoms with Gasteiger partial charge in [0.25, 0.3) is 0 Å². The van der Waals surface area contributed by atoms with Gasteiger partial charge in [-0.1, -0.05) is 275 Å². The lowest BCUT2D eigenvalue weighted by molar-refractivity contribution is -0.167. The molecule has 6 nitrogen and oxygen atoms in total. The first kappa shape index (κ1) is 73.0. The maximum atomic E-state index is 12.9. The van der Waals surface area contributed by atoms with E-state index in [4.69, 9.17) is 14.2 Å². The van der Waals surface area contributed by atoms with Crippen LogP contribution in [-0.2, 0) is 28.6 Å². The first-order valence-corrected chi connectivity index (χ1v) is 31.5. The van der Waals surface area contributed by atoms with E-state index in [0.717, 1.165) is 141 Å².